The van der Waals surface area contributed by atoms with Crippen LogP contribution in [0.15, 0.2) is 33.8 Å². The molecule has 0 aromatic carbocycles. The summed E-state index contributed by atoms with van der Waals surface area (Å²) in [7, 11) is 0. The van der Waals surface area contributed by atoms with Crippen LogP contribution in [0.25, 0.3) is 33.8 Å². The van der Waals surface area contributed by atoms with Crippen molar-refractivity contribution in [1.82, 2.24) is 34.6 Å². The van der Waals surface area contributed by atoms with Crippen LogP contribution < -0.4 is 10.7 Å². The number of H-pyrrole nitrogens is 1. The van der Waals surface area contributed by atoms with E-state index in [1.807, 2.05) is 19.1 Å². The van der Waals surface area contributed by atoms with E-state index >= 15 is 0 Å². The molecule has 4 aromatic heterocycles. The van der Waals surface area contributed by atoms with Crippen LogP contribution in [0, 0.1) is 11.8 Å². The lowest BCUT2D eigenvalue weighted by Gasteiger charge is -2.44. The molecule has 13 heteroatoms. The largest absolute Gasteiger partial charge is 0.450 e. The van der Waals surface area contributed by atoms with Crippen molar-refractivity contribution in [3.05, 3.63) is 40.1 Å². The zero-order valence-corrected chi connectivity index (χ0v) is 25.7. The predicted octanol–water partition coefficient (Wildman–Crippen LogP) is 5.37. The van der Waals surface area contributed by atoms with Crippen molar-refractivity contribution in [2.75, 3.05) is 24.6 Å². The Morgan fingerprint density at radius 3 is 2.49 bits per heavy atom. The van der Waals surface area contributed by atoms with Crippen LogP contribution in [0.2, 0.25) is 5.02 Å². The molecule has 1 N–H and O–H groups in total. The van der Waals surface area contributed by atoms with E-state index in [-0.39, 0.29) is 24.0 Å². The van der Waals surface area contributed by atoms with E-state index in [0.29, 0.717) is 47.5 Å². The summed E-state index contributed by atoms with van der Waals surface area (Å²) in [6, 6.07) is 3.61. The fourth-order valence-electron chi connectivity index (χ4n) is 6.57. The first kappa shape index (κ1) is 29.2. The van der Waals surface area contributed by atoms with Gasteiger partial charge in [0, 0.05) is 49.7 Å². The summed E-state index contributed by atoms with van der Waals surface area (Å²) in [5, 5.41) is 4.37. The Labute approximate surface area is 254 Å². The number of fused-ring (bicyclic) bond motifs is 1. The lowest BCUT2D eigenvalue weighted by atomic mass is 9.83. The van der Waals surface area contributed by atoms with E-state index in [4.69, 9.17) is 30.8 Å². The number of ether oxygens (including phenoxy) is 1. The van der Waals surface area contributed by atoms with Gasteiger partial charge < -0.3 is 19.1 Å². The Kier molecular flexibility index (Phi) is 8.13. The summed E-state index contributed by atoms with van der Waals surface area (Å²) in [6.07, 6.45) is 7.70. The second-order valence-corrected chi connectivity index (χ2v) is 12.4. The van der Waals surface area contributed by atoms with E-state index in [0.717, 1.165) is 42.3 Å². The van der Waals surface area contributed by atoms with Gasteiger partial charge in [-0.2, -0.15) is 0 Å². The first-order chi connectivity index (χ1) is 20.7. The number of aromatic nitrogens is 6. The molecule has 1 saturated heterocycles. The lowest BCUT2D eigenvalue weighted by Crippen LogP contribution is -2.59. The van der Waals surface area contributed by atoms with Gasteiger partial charge in [0.2, 0.25) is 11.8 Å². The Balaban J connectivity index is 1.53. The van der Waals surface area contributed by atoms with Crippen LogP contribution in [0.4, 0.5) is 10.7 Å². The van der Waals surface area contributed by atoms with E-state index in [1.165, 1.54) is 12.8 Å². The van der Waals surface area contributed by atoms with E-state index < -0.39 is 5.76 Å². The third-order valence-electron chi connectivity index (χ3n) is 8.62. The quantitative estimate of drug-likeness (QED) is 0.306. The van der Waals surface area contributed by atoms with Gasteiger partial charge in [0.25, 0.3) is 0 Å². The Morgan fingerprint density at radius 2 is 1.84 bits per heavy atom. The summed E-state index contributed by atoms with van der Waals surface area (Å²) in [5.41, 5.74) is 3.35. The molecule has 2 atom stereocenters. The number of halogens is 1. The van der Waals surface area contributed by atoms with Crippen LogP contribution in [-0.2, 0) is 11.3 Å². The summed E-state index contributed by atoms with van der Waals surface area (Å²) >= 11 is 6.40. The van der Waals surface area contributed by atoms with Gasteiger partial charge in [0.05, 0.1) is 28.4 Å². The van der Waals surface area contributed by atoms with Gasteiger partial charge >= 0.3 is 11.8 Å². The van der Waals surface area contributed by atoms with E-state index in [9.17, 15) is 9.59 Å². The van der Waals surface area contributed by atoms with Crippen molar-refractivity contribution in [1.29, 1.82) is 0 Å². The van der Waals surface area contributed by atoms with Crippen LogP contribution >= 0.6 is 11.6 Å². The van der Waals surface area contributed by atoms with Crippen molar-refractivity contribution in [2.45, 2.75) is 72.0 Å². The SMILES string of the molecule is CCOC(=O)N1CC(C)N(c2nc3cc(-c4noc(=O)[nH]4)nc(-c4cncc(Cl)c4)c3n2C[C@H]2CC[C@H](C)CC2)[C@H](C)C1. The molecule has 0 spiro atoms. The molecule has 0 bridgehead atoms. The summed E-state index contributed by atoms with van der Waals surface area (Å²) in [5.74, 6) is 1.58. The number of hydrogen-bond donors (Lipinski definition) is 1. The van der Waals surface area contributed by atoms with Crippen molar-refractivity contribution >= 4 is 34.7 Å². The molecule has 1 aliphatic heterocycles. The topological polar surface area (TPSA) is 135 Å². The maximum atomic E-state index is 12.6. The molecule has 2 fully saturated rings. The highest BCUT2D eigenvalue weighted by Crippen LogP contribution is 2.38. The molecule has 1 amide bonds. The average molecular weight is 609 g/mol. The summed E-state index contributed by atoms with van der Waals surface area (Å²) in [6.45, 7) is 10.5. The number of amides is 1. The number of piperazine rings is 1. The van der Waals surface area contributed by atoms with Gasteiger partial charge in [-0.1, -0.05) is 36.5 Å². The monoisotopic (exact) mass is 608 g/mol. The summed E-state index contributed by atoms with van der Waals surface area (Å²) < 4.78 is 12.4. The van der Waals surface area contributed by atoms with E-state index in [2.05, 4.69) is 45.4 Å². The minimum absolute atomic E-state index is 0.0225. The minimum Gasteiger partial charge on any atom is -0.450 e. The molecule has 1 saturated carbocycles. The van der Waals surface area contributed by atoms with Crippen molar-refractivity contribution in [3.8, 4) is 22.8 Å². The minimum atomic E-state index is -0.664. The molecular formula is C30H37ClN8O4. The van der Waals surface area contributed by atoms with Crippen molar-refractivity contribution in [3.63, 3.8) is 0 Å². The zero-order chi connectivity index (χ0) is 30.2. The number of rotatable bonds is 6. The van der Waals surface area contributed by atoms with Gasteiger partial charge in [-0.25, -0.2) is 19.6 Å². The molecule has 4 aromatic rings. The third-order valence-corrected chi connectivity index (χ3v) is 8.82. The number of nitrogens with zero attached hydrogens (tertiary/aromatic N) is 7. The van der Waals surface area contributed by atoms with Gasteiger partial charge in [-0.15, -0.1) is 0 Å². The van der Waals surface area contributed by atoms with Crippen molar-refractivity contribution in [2.24, 2.45) is 11.8 Å². The number of imidazole rings is 1. The number of carbonyl (C=O) groups is 1. The van der Waals surface area contributed by atoms with Crippen LogP contribution in [-0.4, -0.2) is 72.4 Å². The van der Waals surface area contributed by atoms with Gasteiger partial charge in [0.1, 0.15) is 5.69 Å². The maximum Gasteiger partial charge on any atom is 0.439 e. The molecule has 12 nitrogen and oxygen atoms in total. The molecule has 228 valence electrons. The molecule has 1 aliphatic carbocycles. The normalized spacial score (nSPS) is 22.7. The number of carbonyl (C=O) groups excluding carboxylic acids is 1. The van der Waals surface area contributed by atoms with Crippen LogP contribution in [0.1, 0.15) is 53.4 Å². The second-order valence-electron chi connectivity index (χ2n) is 11.9. The highest BCUT2D eigenvalue weighted by molar-refractivity contribution is 6.30. The first-order valence-corrected chi connectivity index (χ1v) is 15.4. The first-order valence-electron chi connectivity index (χ1n) is 15.0. The predicted molar refractivity (Wildman–Crippen MR) is 163 cm³/mol. The Hall–Kier alpha value is -3.93. The van der Waals surface area contributed by atoms with Gasteiger partial charge in [0.15, 0.2) is 0 Å². The van der Waals surface area contributed by atoms with Gasteiger partial charge in [-0.3, -0.25) is 14.5 Å². The number of aromatic amines is 1. The second kappa shape index (κ2) is 12.0. The van der Waals surface area contributed by atoms with Crippen LogP contribution in [0.3, 0.4) is 0 Å². The molecule has 1 unspecified atom stereocenters. The third kappa shape index (κ3) is 5.84. The molecule has 5 heterocycles. The number of pyridine rings is 2. The molecule has 6 rings (SSSR count). The Bertz CT molecular complexity index is 1660. The fourth-order valence-corrected chi connectivity index (χ4v) is 6.74. The fraction of sp³-hybridized carbons (Fsp3) is 0.533. The lowest BCUT2D eigenvalue weighted by molar-refractivity contribution is 0.0940. The maximum absolute atomic E-state index is 12.6. The zero-order valence-electron chi connectivity index (χ0n) is 24.9. The number of nitrogens with one attached hydrogen (secondary N) is 1. The van der Waals surface area contributed by atoms with Gasteiger partial charge in [-0.05, 0) is 57.6 Å². The molecular weight excluding hydrogens is 572 g/mol. The Morgan fingerprint density at radius 1 is 1.09 bits per heavy atom. The number of anilines is 1. The molecule has 0 radical (unpaired) electrons. The highest BCUT2D eigenvalue weighted by Gasteiger charge is 2.36. The standard InChI is InChI=1S/C30H37ClN8O4/c1-5-42-30(41)37-14-18(3)39(19(4)15-37)28-34-23-11-24(27-35-29(40)43-36-27)33-25(21-10-22(31)13-32-12-21)26(23)38(28)16-20-8-6-17(2)7-9-20/h10-13,17-20H,5-9,14-16H2,1-4H3,(H,35,36,40)/t17-,18-,19?,20-/m1/s1. The average Bonchev–Trinajstić information content (AvgIpc) is 3.57. The van der Waals surface area contributed by atoms with Crippen LogP contribution in [0.5, 0.6) is 0 Å². The van der Waals surface area contributed by atoms with Crippen molar-refractivity contribution < 1.29 is 14.1 Å². The summed E-state index contributed by atoms with van der Waals surface area (Å²) in [4.78, 5) is 45.7. The number of hydrogen-bond acceptors (Lipinski definition) is 9. The smallest absolute Gasteiger partial charge is 0.439 e. The molecule has 43 heavy (non-hydrogen) atoms. The molecule has 2 aliphatic rings. The highest BCUT2D eigenvalue weighted by atomic mass is 35.5. The van der Waals surface area contributed by atoms with E-state index in [1.54, 1.807) is 17.3 Å².